The molecular formula is C15H22O2. The van der Waals surface area contributed by atoms with E-state index in [0.717, 1.165) is 12.8 Å². The summed E-state index contributed by atoms with van der Waals surface area (Å²) in [5.74, 6) is 2.24. The normalized spacial score (nSPS) is 50.7. The van der Waals surface area contributed by atoms with Crippen LogP contribution in [0.3, 0.4) is 0 Å². The van der Waals surface area contributed by atoms with Crippen molar-refractivity contribution in [1.82, 2.24) is 0 Å². The van der Waals surface area contributed by atoms with Crippen LogP contribution in [-0.2, 0) is 9.53 Å². The number of Topliss-reactive ketones (excluding diaryl/α,β-unsaturated/α-hetero) is 1. The number of allylic oxidation sites excluding steroid dienone is 1. The molecule has 0 radical (unpaired) electrons. The number of hydrogen-bond donors (Lipinski definition) is 0. The average Bonchev–Trinajstić information content (AvgIpc) is 2.81. The average molecular weight is 234 g/mol. The molecule has 3 rings (SSSR count). The van der Waals surface area contributed by atoms with Crippen molar-refractivity contribution in [3.63, 3.8) is 0 Å². The Morgan fingerprint density at radius 2 is 2.00 bits per heavy atom. The van der Waals surface area contributed by atoms with Crippen molar-refractivity contribution in [3.8, 4) is 0 Å². The lowest BCUT2D eigenvalue weighted by Crippen LogP contribution is -2.50. The van der Waals surface area contributed by atoms with Crippen molar-refractivity contribution in [2.45, 2.75) is 39.7 Å². The topological polar surface area (TPSA) is 26.3 Å². The third-order valence-corrected chi connectivity index (χ3v) is 5.89. The number of hydrogen-bond acceptors (Lipinski definition) is 2. The molecule has 3 aliphatic rings. The van der Waals surface area contributed by atoms with Gasteiger partial charge in [0.1, 0.15) is 5.78 Å². The Hall–Kier alpha value is -0.630. The van der Waals surface area contributed by atoms with Crippen molar-refractivity contribution in [2.75, 3.05) is 7.11 Å². The third kappa shape index (κ3) is 1.22. The maximum Gasteiger partial charge on any atom is 0.142 e. The van der Waals surface area contributed by atoms with Gasteiger partial charge in [0.15, 0.2) is 0 Å². The largest absolute Gasteiger partial charge is 0.376 e. The van der Waals surface area contributed by atoms with Gasteiger partial charge >= 0.3 is 0 Å². The summed E-state index contributed by atoms with van der Waals surface area (Å²) >= 11 is 0. The number of methoxy groups -OCH3 is 1. The summed E-state index contributed by atoms with van der Waals surface area (Å²) in [5.41, 5.74) is 0.0833. The molecule has 0 N–H and O–H groups in total. The molecule has 2 saturated carbocycles. The van der Waals surface area contributed by atoms with E-state index in [2.05, 4.69) is 32.9 Å². The van der Waals surface area contributed by atoms with Crippen molar-refractivity contribution >= 4 is 5.78 Å². The molecule has 2 unspecified atom stereocenters. The summed E-state index contributed by atoms with van der Waals surface area (Å²) in [6.45, 7) is 6.77. The van der Waals surface area contributed by atoms with Crippen LogP contribution in [-0.4, -0.2) is 19.0 Å². The van der Waals surface area contributed by atoms with Crippen LogP contribution in [0.1, 0.15) is 33.6 Å². The first-order valence-electron chi connectivity index (χ1n) is 6.66. The van der Waals surface area contributed by atoms with E-state index in [1.54, 1.807) is 7.11 Å². The van der Waals surface area contributed by atoms with Crippen molar-refractivity contribution in [2.24, 2.45) is 28.6 Å². The van der Waals surface area contributed by atoms with E-state index < -0.39 is 0 Å². The van der Waals surface area contributed by atoms with Crippen molar-refractivity contribution < 1.29 is 9.53 Å². The quantitative estimate of drug-likeness (QED) is 0.652. The lowest BCUT2D eigenvalue weighted by atomic mass is 9.60. The molecule has 2 heteroatoms. The molecule has 0 heterocycles. The zero-order valence-corrected chi connectivity index (χ0v) is 11.2. The highest BCUT2D eigenvalue weighted by atomic mass is 16.5. The zero-order chi connectivity index (χ0) is 12.4. The number of rotatable bonds is 1. The Bertz CT molecular complexity index is 396. The van der Waals surface area contributed by atoms with E-state index in [0.29, 0.717) is 29.0 Å². The van der Waals surface area contributed by atoms with Gasteiger partial charge in [-0.25, -0.2) is 0 Å². The molecule has 94 valence electrons. The zero-order valence-electron chi connectivity index (χ0n) is 11.2. The van der Waals surface area contributed by atoms with Crippen LogP contribution in [0.4, 0.5) is 0 Å². The van der Waals surface area contributed by atoms with Crippen molar-refractivity contribution in [1.29, 1.82) is 0 Å². The maximum absolute atomic E-state index is 12.5. The van der Waals surface area contributed by atoms with E-state index in [-0.39, 0.29) is 11.5 Å². The second kappa shape index (κ2) is 3.23. The fourth-order valence-corrected chi connectivity index (χ4v) is 4.61. The molecule has 17 heavy (non-hydrogen) atoms. The minimum atomic E-state index is -0.279. The minimum Gasteiger partial charge on any atom is -0.376 e. The van der Waals surface area contributed by atoms with E-state index >= 15 is 0 Å². The van der Waals surface area contributed by atoms with Gasteiger partial charge in [0.05, 0.1) is 11.5 Å². The Labute approximate surface area is 103 Å². The van der Waals surface area contributed by atoms with Crippen LogP contribution in [0, 0.1) is 28.6 Å². The van der Waals surface area contributed by atoms with Gasteiger partial charge in [-0.3, -0.25) is 4.79 Å². The first-order chi connectivity index (χ1) is 7.94. The standard InChI is InChI=1S/C15H22O2/c1-14(2)10-8-11(16)15(3)9(13(10)14)6-5-7-12(15)17-4/h5,7,9-10,12-13H,6,8H2,1-4H3/t9?,10-,12?,13+,15+/m1/s1. The van der Waals surface area contributed by atoms with Gasteiger partial charge in [0, 0.05) is 13.5 Å². The van der Waals surface area contributed by atoms with Crippen LogP contribution < -0.4 is 0 Å². The number of ketones is 1. The predicted octanol–water partition coefficient (Wildman–Crippen LogP) is 2.83. The highest BCUT2D eigenvalue weighted by Crippen LogP contribution is 2.71. The van der Waals surface area contributed by atoms with E-state index in [1.807, 2.05) is 0 Å². The van der Waals surface area contributed by atoms with Gasteiger partial charge in [0.25, 0.3) is 0 Å². The summed E-state index contributed by atoms with van der Waals surface area (Å²) in [5, 5.41) is 0. The number of ether oxygens (including phenoxy) is 1. The fourth-order valence-electron chi connectivity index (χ4n) is 4.61. The molecule has 0 spiro atoms. The Kier molecular flexibility index (Phi) is 2.17. The number of carbonyl (C=O) groups excluding carboxylic acids is 1. The van der Waals surface area contributed by atoms with Gasteiger partial charge < -0.3 is 4.74 Å². The molecule has 0 aromatic heterocycles. The fraction of sp³-hybridized carbons (Fsp3) is 0.800. The highest BCUT2D eigenvalue weighted by Gasteiger charge is 2.70. The molecule has 5 atom stereocenters. The molecule has 2 nitrogen and oxygen atoms in total. The molecule has 0 aromatic rings. The second-order valence-electron chi connectivity index (χ2n) is 6.79. The SMILES string of the molecule is COC1C=CCC2[C@H]3[C@@H](CC(=O)[C@@]12C)C3(C)C. The molecule has 0 bridgehead atoms. The first-order valence-corrected chi connectivity index (χ1v) is 6.66. The first kappa shape index (κ1) is 11.5. The minimum absolute atomic E-state index is 0.0221. The summed E-state index contributed by atoms with van der Waals surface area (Å²) in [4.78, 5) is 12.5. The smallest absolute Gasteiger partial charge is 0.142 e. The Balaban J connectivity index is 2.02. The molecular weight excluding hydrogens is 212 g/mol. The van der Waals surface area contributed by atoms with Gasteiger partial charge in [0.2, 0.25) is 0 Å². The summed E-state index contributed by atoms with van der Waals surface area (Å²) in [6, 6.07) is 0. The lowest BCUT2D eigenvalue weighted by molar-refractivity contribution is -0.144. The summed E-state index contributed by atoms with van der Waals surface area (Å²) < 4.78 is 5.56. The van der Waals surface area contributed by atoms with Crippen LogP contribution in [0.15, 0.2) is 12.2 Å². The van der Waals surface area contributed by atoms with Gasteiger partial charge in [-0.15, -0.1) is 0 Å². The molecule has 0 aromatic carbocycles. The van der Waals surface area contributed by atoms with Crippen LogP contribution in [0.2, 0.25) is 0 Å². The van der Waals surface area contributed by atoms with Crippen LogP contribution >= 0.6 is 0 Å². The van der Waals surface area contributed by atoms with Gasteiger partial charge in [-0.1, -0.05) is 26.0 Å². The van der Waals surface area contributed by atoms with Gasteiger partial charge in [-0.05, 0) is 36.5 Å². The Morgan fingerprint density at radius 3 is 2.65 bits per heavy atom. The van der Waals surface area contributed by atoms with Crippen LogP contribution in [0.25, 0.3) is 0 Å². The second-order valence-corrected chi connectivity index (χ2v) is 6.79. The Morgan fingerprint density at radius 1 is 1.29 bits per heavy atom. The summed E-state index contributed by atoms with van der Waals surface area (Å²) in [7, 11) is 1.72. The molecule has 2 fully saturated rings. The van der Waals surface area contributed by atoms with Gasteiger partial charge in [-0.2, -0.15) is 0 Å². The third-order valence-electron chi connectivity index (χ3n) is 5.89. The molecule has 0 amide bonds. The number of fused-ring (bicyclic) bond motifs is 3. The highest BCUT2D eigenvalue weighted by molar-refractivity contribution is 5.88. The molecule has 0 saturated heterocycles. The summed E-state index contributed by atoms with van der Waals surface area (Å²) in [6.07, 6.45) is 6.09. The number of carbonyl (C=O) groups is 1. The monoisotopic (exact) mass is 234 g/mol. The van der Waals surface area contributed by atoms with E-state index in [9.17, 15) is 4.79 Å². The maximum atomic E-state index is 12.5. The van der Waals surface area contributed by atoms with Crippen LogP contribution in [0.5, 0.6) is 0 Å². The van der Waals surface area contributed by atoms with E-state index in [4.69, 9.17) is 4.74 Å². The van der Waals surface area contributed by atoms with Crippen molar-refractivity contribution in [3.05, 3.63) is 12.2 Å². The molecule has 3 aliphatic carbocycles. The lowest BCUT2D eigenvalue weighted by Gasteiger charge is -2.45. The predicted molar refractivity (Wildman–Crippen MR) is 66.5 cm³/mol. The molecule has 0 aliphatic heterocycles. The van der Waals surface area contributed by atoms with E-state index in [1.165, 1.54) is 0 Å².